The molecule has 19 heteroatoms. The molecule has 0 aliphatic heterocycles. The lowest BCUT2D eigenvalue weighted by Gasteiger charge is -2.43. The summed E-state index contributed by atoms with van der Waals surface area (Å²) in [6.45, 7) is 3.06. The normalized spacial score (nSPS) is 16.3. The van der Waals surface area contributed by atoms with E-state index in [2.05, 4.69) is 11.3 Å². The zero-order valence-electron chi connectivity index (χ0n) is 16.0. The standard InChI is InChI=1S/C15H11F17O2/c1-3-5-6(16)8(17,18)9(19,20)10(21,22)11(23,24)12(25,26)13(27,28)14(29,30)15(31,32)34-7(33)4-2/h4,6H,2-3,5H2,1H3. The molecule has 0 aliphatic rings. The van der Waals surface area contributed by atoms with Crippen molar-refractivity contribution in [3.8, 4) is 0 Å². The van der Waals surface area contributed by atoms with Gasteiger partial charge in [0.25, 0.3) is 0 Å². The van der Waals surface area contributed by atoms with Crippen LogP contribution in [0.4, 0.5) is 74.6 Å². The minimum absolute atomic E-state index is 0.463. The molecule has 0 rings (SSSR count). The molecule has 0 saturated heterocycles. The van der Waals surface area contributed by atoms with Crippen molar-refractivity contribution in [3.05, 3.63) is 12.7 Å². The minimum Gasteiger partial charge on any atom is -0.393 e. The maximum absolute atomic E-state index is 13.6. The van der Waals surface area contributed by atoms with E-state index < -0.39 is 78.6 Å². The maximum atomic E-state index is 13.6. The molecule has 2 nitrogen and oxygen atoms in total. The number of hydrogen-bond donors (Lipinski definition) is 0. The predicted octanol–water partition coefficient (Wildman–Crippen LogP) is 6.89. The van der Waals surface area contributed by atoms with Gasteiger partial charge in [-0.3, -0.25) is 0 Å². The van der Waals surface area contributed by atoms with Gasteiger partial charge >= 0.3 is 53.5 Å². The highest BCUT2D eigenvalue weighted by Crippen LogP contribution is 2.64. The highest BCUT2D eigenvalue weighted by Gasteiger charge is 2.95. The monoisotopic (exact) mass is 546 g/mol. The second-order valence-electron chi connectivity index (χ2n) is 6.47. The zero-order valence-corrected chi connectivity index (χ0v) is 16.0. The number of ether oxygens (including phenoxy) is 1. The third-order valence-electron chi connectivity index (χ3n) is 4.09. The van der Waals surface area contributed by atoms with Crippen molar-refractivity contribution in [2.45, 2.75) is 73.5 Å². The topological polar surface area (TPSA) is 26.3 Å². The van der Waals surface area contributed by atoms with Gasteiger partial charge in [-0.2, -0.15) is 70.2 Å². The van der Waals surface area contributed by atoms with Crippen molar-refractivity contribution >= 4 is 5.97 Å². The van der Waals surface area contributed by atoms with E-state index in [0.717, 1.165) is 6.92 Å². The summed E-state index contributed by atoms with van der Waals surface area (Å²) >= 11 is 0. The average Bonchev–Trinajstić information content (AvgIpc) is 2.66. The van der Waals surface area contributed by atoms with Crippen LogP contribution in [-0.4, -0.2) is 59.7 Å². The van der Waals surface area contributed by atoms with Gasteiger partial charge in [0.2, 0.25) is 0 Å². The lowest BCUT2D eigenvalue weighted by Crippen LogP contribution is -2.75. The minimum atomic E-state index is -8.69. The molecular formula is C15H11F17O2. The molecular weight excluding hydrogens is 535 g/mol. The van der Waals surface area contributed by atoms with E-state index in [0.29, 0.717) is 0 Å². The molecule has 34 heavy (non-hydrogen) atoms. The third-order valence-corrected chi connectivity index (χ3v) is 4.09. The second-order valence-corrected chi connectivity index (χ2v) is 6.47. The van der Waals surface area contributed by atoms with Crippen LogP contribution < -0.4 is 0 Å². The zero-order chi connectivity index (χ0) is 28.0. The Kier molecular flexibility index (Phi) is 8.39. The molecule has 202 valence electrons. The van der Waals surface area contributed by atoms with E-state index in [-0.39, 0.29) is 0 Å². The molecule has 0 amide bonds. The molecule has 0 aromatic carbocycles. The lowest BCUT2D eigenvalue weighted by molar-refractivity contribution is -0.469. The fourth-order valence-electron chi connectivity index (χ4n) is 2.04. The first kappa shape index (κ1) is 32.0. The number of hydrogen-bond acceptors (Lipinski definition) is 2. The summed E-state index contributed by atoms with van der Waals surface area (Å²) < 4.78 is 231. The van der Waals surface area contributed by atoms with Gasteiger partial charge in [0.1, 0.15) is 0 Å². The summed E-state index contributed by atoms with van der Waals surface area (Å²) in [6, 6.07) is 0. The number of rotatable bonds is 12. The molecule has 0 saturated carbocycles. The van der Waals surface area contributed by atoms with Gasteiger partial charge in [0.05, 0.1) is 0 Å². The predicted molar refractivity (Wildman–Crippen MR) is 75.7 cm³/mol. The highest BCUT2D eigenvalue weighted by atomic mass is 19.4. The van der Waals surface area contributed by atoms with E-state index in [9.17, 15) is 79.4 Å². The Morgan fingerprint density at radius 3 is 1.35 bits per heavy atom. The maximum Gasteiger partial charge on any atom is 0.473 e. The number of esters is 1. The molecule has 0 aliphatic carbocycles. The van der Waals surface area contributed by atoms with E-state index in [1.54, 1.807) is 0 Å². The van der Waals surface area contributed by atoms with Crippen LogP contribution in [0.25, 0.3) is 0 Å². The van der Waals surface area contributed by atoms with Crippen molar-refractivity contribution in [3.63, 3.8) is 0 Å². The Balaban J connectivity index is 6.80. The van der Waals surface area contributed by atoms with Gasteiger partial charge in [0.15, 0.2) is 6.17 Å². The molecule has 0 heterocycles. The van der Waals surface area contributed by atoms with Crippen LogP contribution in [0.3, 0.4) is 0 Å². The molecule has 1 unspecified atom stereocenters. The highest BCUT2D eigenvalue weighted by molar-refractivity contribution is 5.81. The Bertz CT molecular complexity index is 758. The van der Waals surface area contributed by atoms with E-state index >= 15 is 0 Å². The van der Waals surface area contributed by atoms with Gasteiger partial charge in [-0.1, -0.05) is 19.9 Å². The first-order valence-corrected chi connectivity index (χ1v) is 8.21. The summed E-state index contributed by atoms with van der Waals surface area (Å²) in [4.78, 5) is 10.5. The molecule has 0 aromatic rings. The van der Waals surface area contributed by atoms with Crippen molar-refractivity contribution in [2.75, 3.05) is 0 Å². The molecule has 0 N–H and O–H groups in total. The smallest absolute Gasteiger partial charge is 0.393 e. The Labute approximate surface area is 177 Å². The molecule has 0 fully saturated rings. The lowest BCUT2D eigenvalue weighted by atomic mass is 9.87. The summed E-state index contributed by atoms with van der Waals surface area (Å²) in [5.74, 6) is -60.1. The SMILES string of the molecule is C=CC(=O)OC(F)(F)C(F)(F)C(F)(F)C(F)(F)C(F)(F)C(F)(F)C(F)(F)C(F)(F)C(F)CCC. The molecule has 0 bridgehead atoms. The third kappa shape index (κ3) is 4.26. The Hall–Kier alpha value is -1.98. The van der Waals surface area contributed by atoms with Crippen molar-refractivity contribution < 1.29 is 84.2 Å². The van der Waals surface area contributed by atoms with Gasteiger partial charge in [-0.05, 0) is 6.42 Å². The Morgan fingerprint density at radius 2 is 1.03 bits per heavy atom. The fraction of sp³-hybridized carbons (Fsp3) is 0.800. The van der Waals surface area contributed by atoms with Crippen LogP contribution in [-0.2, 0) is 9.53 Å². The van der Waals surface area contributed by atoms with Crippen molar-refractivity contribution in [1.82, 2.24) is 0 Å². The van der Waals surface area contributed by atoms with E-state index in [4.69, 9.17) is 0 Å². The van der Waals surface area contributed by atoms with Crippen LogP contribution in [0.5, 0.6) is 0 Å². The quantitative estimate of drug-likeness (QED) is 0.151. The number of carbonyl (C=O) groups excluding carboxylic acids is 1. The van der Waals surface area contributed by atoms with Crippen molar-refractivity contribution in [2.24, 2.45) is 0 Å². The Morgan fingerprint density at radius 1 is 0.706 bits per heavy atom. The van der Waals surface area contributed by atoms with Crippen LogP contribution in [0.1, 0.15) is 19.8 Å². The van der Waals surface area contributed by atoms with Crippen LogP contribution >= 0.6 is 0 Å². The van der Waals surface area contributed by atoms with Crippen LogP contribution in [0.2, 0.25) is 0 Å². The summed E-state index contributed by atoms with van der Waals surface area (Å²) in [7, 11) is 0. The average molecular weight is 546 g/mol. The van der Waals surface area contributed by atoms with Gasteiger partial charge in [0, 0.05) is 6.08 Å². The number of carbonyl (C=O) groups is 1. The van der Waals surface area contributed by atoms with Crippen LogP contribution in [0.15, 0.2) is 12.7 Å². The summed E-state index contributed by atoms with van der Waals surface area (Å²) in [6.07, 6.45) is -14.8. The largest absolute Gasteiger partial charge is 0.473 e. The first-order valence-electron chi connectivity index (χ1n) is 8.21. The van der Waals surface area contributed by atoms with E-state index in [1.807, 2.05) is 0 Å². The van der Waals surface area contributed by atoms with Crippen LogP contribution in [0, 0.1) is 0 Å². The first-order chi connectivity index (χ1) is 14.7. The van der Waals surface area contributed by atoms with E-state index in [1.165, 1.54) is 0 Å². The van der Waals surface area contributed by atoms with Gasteiger partial charge in [-0.15, -0.1) is 0 Å². The molecule has 0 spiro atoms. The molecule has 1 atom stereocenters. The fourth-order valence-corrected chi connectivity index (χ4v) is 2.04. The number of halogens is 17. The summed E-state index contributed by atoms with van der Waals surface area (Å²) in [5, 5.41) is 0. The van der Waals surface area contributed by atoms with Crippen molar-refractivity contribution in [1.29, 1.82) is 0 Å². The van der Waals surface area contributed by atoms with Gasteiger partial charge in [-0.25, -0.2) is 9.18 Å². The number of alkyl halides is 17. The molecule has 0 aromatic heterocycles. The second kappa shape index (κ2) is 8.91. The summed E-state index contributed by atoms with van der Waals surface area (Å²) in [5.41, 5.74) is 0. The van der Waals surface area contributed by atoms with Gasteiger partial charge < -0.3 is 4.74 Å². The molecule has 0 radical (unpaired) electrons.